The lowest BCUT2D eigenvalue weighted by molar-refractivity contribution is 0.506. The van der Waals surface area contributed by atoms with Crippen molar-refractivity contribution >= 4 is 9.84 Å². The fourth-order valence-corrected chi connectivity index (χ4v) is 3.51. The first-order valence-electron chi connectivity index (χ1n) is 5.94. The Bertz CT molecular complexity index is 512. The van der Waals surface area contributed by atoms with Crippen LogP contribution in [0.1, 0.15) is 38.0 Å². The van der Waals surface area contributed by atoms with E-state index in [1.54, 1.807) is 0 Å². The number of sulfone groups is 1. The summed E-state index contributed by atoms with van der Waals surface area (Å²) in [5.41, 5.74) is 0.289. The molecule has 0 aliphatic heterocycles. The van der Waals surface area contributed by atoms with Gasteiger partial charge in [-0.1, -0.05) is 26.3 Å². The maximum absolute atomic E-state index is 13.1. The third-order valence-electron chi connectivity index (χ3n) is 3.17. The van der Waals surface area contributed by atoms with Gasteiger partial charge >= 0.3 is 0 Å². The molecule has 0 saturated carbocycles. The van der Waals surface area contributed by atoms with Crippen molar-refractivity contribution in [2.45, 2.75) is 32.4 Å². The molecule has 0 bridgehead atoms. The van der Waals surface area contributed by atoms with Crippen molar-refractivity contribution < 1.29 is 17.2 Å². The van der Waals surface area contributed by atoms with E-state index in [-0.39, 0.29) is 17.2 Å². The van der Waals surface area contributed by atoms with E-state index in [0.29, 0.717) is 0 Å². The van der Waals surface area contributed by atoms with Gasteiger partial charge in [0.2, 0.25) is 0 Å². The van der Waals surface area contributed by atoms with Crippen molar-refractivity contribution in [2.24, 2.45) is 5.92 Å². The summed E-state index contributed by atoms with van der Waals surface area (Å²) in [6, 6.07) is 3.23. The standard InChI is InChI=1S/C13H18F2O2S/c1-4-9(2)8-18(16,17)10(3)11-5-6-12(14)13(15)7-11/h5-7,9-10H,4,8H2,1-3H3/t9-,10-/m1/s1. The average Bonchev–Trinajstić information content (AvgIpc) is 2.31. The Labute approximate surface area is 107 Å². The summed E-state index contributed by atoms with van der Waals surface area (Å²) in [7, 11) is -3.34. The summed E-state index contributed by atoms with van der Waals surface area (Å²) < 4.78 is 50.0. The number of benzene rings is 1. The molecule has 102 valence electrons. The SMILES string of the molecule is CC[C@@H](C)CS(=O)(=O)[C@H](C)c1ccc(F)c(F)c1. The van der Waals surface area contributed by atoms with Crippen LogP contribution in [0.25, 0.3) is 0 Å². The predicted molar refractivity (Wildman–Crippen MR) is 68.0 cm³/mol. The zero-order valence-electron chi connectivity index (χ0n) is 10.8. The van der Waals surface area contributed by atoms with Gasteiger partial charge in [0, 0.05) is 0 Å². The lowest BCUT2D eigenvalue weighted by Gasteiger charge is -2.16. The second kappa shape index (κ2) is 5.78. The third kappa shape index (κ3) is 3.51. The molecule has 2 nitrogen and oxygen atoms in total. The predicted octanol–water partition coefficient (Wildman–Crippen LogP) is 3.49. The number of rotatable bonds is 5. The van der Waals surface area contributed by atoms with Gasteiger partial charge in [-0.25, -0.2) is 17.2 Å². The molecule has 0 N–H and O–H groups in total. The Hall–Kier alpha value is -0.970. The summed E-state index contributed by atoms with van der Waals surface area (Å²) in [6.07, 6.45) is 0.768. The molecular weight excluding hydrogens is 258 g/mol. The molecule has 0 aromatic heterocycles. The summed E-state index contributed by atoms with van der Waals surface area (Å²) >= 11 is 0. The van der Waals surface area contributed by atoms with E-state index in [1.807, 2.05) is 13.8 Å². The number of halogens is 2. The minimum Gasteiger partial charge on any atom is -0.228 e. The minimum atomic E-state index is -3.34. The summed E-state index contributed by atoms with van der Waals surface area (Å²) in [5.74, 6) is -1.87. The average molecular weight is 276 g/mol. The van der Waals surface area contributed by atoms with E-state index in [1.165, 1.54) is 13.0 Å². The molecule has 18 heavy (non-hydrogen) atoms. The highest BCUT2D eigenvalue weighted by Gasteiger charge is 2.25. The van der Waals surface area contributed by atoms with Gasteiger partial charge in [-0.3, -0.25) is 0 Å². The van der Waals surface area contributed by atoms with E-state index in [0.717, 1.165) is 18.6 Å². The molecule has 0 radical (unpaired) electrons. The third-order valence-corrected chi connectivity index (χ3v) is 5.55. The van der Waals surface area contributed by atoms with Crippen LogP contribution in [-0.4, -0.2) is 14.2 Å². The van der Waals surface area contributed by atoms with Crippen LogP contribution in [-0.2, 0) is 9.84 Å². The summed E-state index contributed by atoms with van der Waals surface area (Å²) in [5, 5.41) is -0.818. The Morgan fingerprint density at radius 1 is 1.17 bits per heavy atom. The highest BCUT2D eigenvalue weighted by Crippen LogP contribution is 2.25. The summed E-state index contributed by atoms with van der Waals surface area (Å²) in [6.45, 7) is 5.28. The Balaban J connectivity index is 2.98. The van der Waals surface area contributed by atoms with Crippen molar-refractivity contribution in [3.63, 3.8) is 0 Å². The molecule has 0 unspecified atom stereocenters. The highest BCUT2D eigenvalue weighted by molar-refractivity contribution is 7.91. The molecule has 1 rings (SSSR count). The van der Waals surface area contributed by atoms with Gasteiger partial charge in [0.15, 0.2) is 21.5 Å². The molecule has 0 spiro atoms. The molecule has 0 saturated heterocycles. The van der Waals surface area contributed by atoms with Gasteiger partial charge in [-0.05, 0) is 30.5 Å². The van der Waals surface area contributed by atoms with Crippen LogP contribution in [0, 0.1) is 17.6 Å². The highest BCUT2D eigenvalue weighted by atomic mass is 32.2. The van der Waals surface area contributed by atoms with Crippen molar-refractivity contribution in [3.8, 4) is 0 Å². The minimum absolute atomic E-state index is 0.0581. The molecule has 5 heteroatoms. The molecule has 0 aliphatic carbocycles. The largest absolute Gasteiger partial charge is 0.228 e. The first kappa shape index (κ1) is 15.1. The van der Waals surface area contributed by atoms with Crippen molar-refractivity contribution in [1.82, 2.24) is 0 Å². The monoisotopic (exact) mass is 276 g/mol. The quantitative estimate of drug-likeness (QED) is 0.825. The fourth-order valence-electron chi connectivity index (χ4n) is 1.63. The van der Waals surface area contributed by atoms with Gasteiger partial charge in [0.1, 0.15) is 0 Å². The maximum Gasteiger partial charge on any atom is 0.159 e. The Kier molecular flexibility index (Phi) is 4.85. The lowest BCUT2D eigenvalue weighted by atomic mass is 10.1. The van der Waals surface area contributed by atoms with Crippen molar-refractivity contribution in [1.29, 1.82) is 0 Å². The zero-order chi connectivity index (χ0) is 13.9. The molecule has 0 fully saturated rings. The van der Waals surface area contributed by atoms with Gasteiger partial charge in [0.25, 0.3) is 0 Å². The van der Waals surface area contributed by atoms with Crippen LogP contribution in [0.3, 0.4) is 0 Å². The molecule has 2 atom stereocenters. The summed E-state index contributed by atoms with van der Waals surface area (Å²) in [4.78, 5) is 0. The molecule has 1 aromatic rings. The van der Waals surface area contributed by atoms with E-state index in [4.69, 9.17) is 0 Å². The van der Waals surface area contributed by atoms with Crippen molar-refractivity contribution in [2.75, 3.05) is 5.75 Å². The normalized spacial score (nSPS) is 15.4. The van der Waals surface area contributed by atoms with Gasteiger partial charge in [0.05, 0.1) is 11.0 Å². The first-order chi connectivity index (χ1) is 8.27. The van der Waals surface area contributed by atoms with Crippen LogP contribution in [0.5, 0.6) is 0 Å². The van der Waals surface area contributed by atoms with Crippen LogP contribution in [0.15, 0.2) is 18.2 Å². The van der Waals surface area contributed by atoms with Crippen LogP contribution < -0.4 is 0 Å². The van der Waals surface area contributed by atoms with E-state index in [9.17, 15) is 17.2 Å². The van der Waals surface area contributed by atoms with Gasteiger partial charge in [-0.2, -0.15) is 0 Å². The smallest absolute Gasteiger partial charge is 0.159 e. The van der Waals surface area contributed by atoms with E-state index >= 15 is 0 Å². The van der Waals surface area contributed by atoms with Crippen LogP contribution >= 0.6 is 0 Å². The fraction of sp³-hybridized carbons (Fsp3) is 0.538. The topological polar surface area (TPSA) is 34.1 Å². The molecule has 0 amide bonds. The first-order valence-corrected chi connectivity index (χ1v) is 7.66. The second-order valence-corrected chi connectivity index (χ2v) is 7.02. The maximum atomic E-state index is 13.1. The lowest BCUT2D eigenvalue weighted by Crippen LogP contribution is -2.19. The van der Waals surface area contributed by atoms with Crippen LogP contribution in [0.4, 0.5) is 8.78 Å². The molecule has 0 aliphatic rings. The van der Waals surface area contributed by atoms with Crippen LogP contribution in [0.2, 0.25) is 0 Å². The van der Waals surface area contributed by atoms with Gasteiger partial charge in [-0.15, -0.1) is 0 Å². The Morgan fingerprint density at radius 3 is 2.28 bits per heavy atom. The molecular formula is C13H18F2O2S. The van der Waals surface area contributed by atoms with E-state index in [2.05, 4.69) is 0 Å². The number of hydrogen-bond donors (Lipinski definition) is 0. The van der Waals surface area contributed by atoms with Crippen molar-refractivity contribution in [3.05, 3.63) is 35.4 Å². The molecule has 0 heterocycles. The number of hydrogen-bond acceptors (Lipinski definition) is 2. The Morgan fingerprint density at radius 2 is 1.78 bits per heavy atom. The molecule has 1 aromatic carbocycles. The van der Waals surface area contributed by atoms with Gasteiger partial charge < -0.3 is 0 Å². The second-order valence-electron chi connectivity index (χ2n) is 4.66. The van der Waals surface area contributed by atoms with E-state index < -0.39 is 26.7 Å². The zero-order valence-corrected chi connectivity index (χ0v) is 11.6.